The highest BCUT2D eigenvalue weighted by Crippen LogP contribution is 2.23. The second-order valence-electron chi connectivity index (χ2n) is 7.82. The SMILES string of the molecule is COc1cccc(CN2CCc3nc(N4CCC[C@@H](C)C4)[nH]c(=O)c3C2)c1. The topological polar surface area (TPSA) is 61.5 Å². The molecule has 1 fully saturated rings. The zero-order valence-electron chi connectivity index (χ0n) is 16.2. The van der Waals surface area contributed by atoms with E-state index in [-0.39, 0.29) is 5.56 Å². The molecule has 0 unspecified atom stereocenters. The van der Waals surface area contributed by atoms with Crippen LogP contribution in [0.25, 0.3) is 0 Å². The van der Waals surface area contributed by atoms with Crippen molar-refractivity contribution in [3.05, 3.63) is 51.4 Å². The van der Waals surface area contributed by atoms with Crippen LogP contribution >= 0.6 is 0 Å². The fourth-order valence-corrected chi connectivity index (χ4v) is 4.16. The molecule has 2 aliphatic heterocycles. The number of rotatable bonds is 4. The molecule has 3 heterocycles. The van der Waals surface area contributed by atoms with Crippen LogP contribution in [0.5, 0.6) is 5.75 Å². The highest BCUT2D eigenvalue weighted by molar-refractivity contribution is 5.35. The van der Waals surface area contributed by atoms with Gasteiger partial charge in [-0.3, -0.25) is 14.7 Å². The summed E-state index contributed by atoms with van der Waals surface area (Å²) < 4.78 is 5.31. The van der Waals surface area contributed by atoms with E-state index in [9.17, 15) is 4.79 Å². The lowest BCUT2D eigenvalue weighted by Gasteiger charge is -2.33. The largest absolute Gasteiger partial charge is 0.497 e. The van der Waals surface area contributed by atoms with E-state index in [2.05, 4.69) is 33.8 Å². The first-order chi connectivity index (χ1) is 13.1. The van der Waals surface area contributed by atoms with E-state index in [1.54, 1.807) is 7.11 Å². The van der Waals surface area contributed by atoms with Crippen LogP contribution in [0, 0.1) is 5.92 Å². The molecule has 0 spiro atoms. The van der Waals surface area contributed by atoms with Gasteiger partial charge in [0.1, 0.15) is 5.75 Å². The molecule has 1 aromatic carbocycles. The predicted molar refractivity (Wildman–Crippen MR) is 106 cm³/mol. The molecule has 0 amide bonds. The Kier molecular flexibility index (Phi) is 5.16. The highest BCUT2D eigenvalue weighted by Gasteiger charge is 2.24. The average molecular weight is 368 g/mol. The molecule has 2 aliphatic rings. The summed E-state index contributed by atoms with van der Waals surface area (Å²) in [6.07, 6.45) is 3.24. The van der Waals surface area contributed by atoms with Gasteiger partial charge in [0, 0.05) is 39.1 Å². The first kappa shape index (κ1) is 18.0. The molecule has 27 heavy (non-hydrogen) atoms. The van der Waals surface area contributed by atoms with Gasteiger partial charge in [0.25, 0.3) is 5.56 Å². The van der Waals surface area contributed by atoms with E-state index >= 15 is 0 Å². The Bertz CT molecular complexity index is 864. The Labute approximate surface area is 160 Å². The van der Waals surface area contributed by atoms with E-state index in [0.717, 1.165) is 62.0 Å². The smallest absolute Gasteiger partial charge is 0.257 e. The average Bonchev–Trinajstić information content (AvgIpc) is 2.68. The molecule has 1 saturated heterocycles. The predicted octanol–water partition coefficient (Wildman–Crippen LogP) is 2.57. The minimum atomic E-state index is 0.0172. The van der Waals surface area contributed by atoms with Crippen molar-refractivity contribution in [2.45, 2.75) is 39.3 Å². The summed E-state index contributed by atoms with van der Waals surface area (Å²) in [5, 5.41) is 0. The Hall–Kier alpha value is -2.34. The van der Waals surface area contributed by atoms with Crippen LogP contribution in [-0.2, 0) is 19.5 Å². The lowest BCUT2D eigenvalue weighted by atomic mass is 10.0. The van der Waals surface area contributed by atoms with Gasteiger partial charge in [0.05, 0.1) is 18.4 Å². The number of aromatic amines is 1. The van der Waals surface area contributed by atoms with Crippen molar-refractivity contribution < 1.29 is 4.74 Å². The van der Waals surface area contributed by atoms with E-state index in [4.69, 9.17) is 9.72 Å². The Morgan fingerprint density at radius 2 is 2.22 bits per heavy atom. The molecular weight excluding hydrogens is 340 g/mol. The zero-order valence-corrected chi connectivity index (χ0v) is 16.2. The highest BCUT2D eigenvalue weighted by atomic mass is 16.5. The Balaban J connectivity index is 1.50. The number of methoxy groups -OCH3 is 1. The number of fused-ring (bicyclic) bond motifs is 1. The van der Waals surface area contributed by atoms with Gasteiger partial charge in [0.15, 0.2) is 0 Å². The van der Waals surface area contributed by atoms with Crippen LogP contribution in [-0.4, -0.2) is 41.6 Å². The van der Waals surface area contributed by atoms with Crippen LogP contribution in [0.1, 0.15) is 36.6 Å². The fourth-order valence-electron chi connectivity index (χ4n) is 4.16. The van der Waals surface area contributed by atoms with Crippen LogP contribution in [0.3, 0.4) is 0 Å². The van der Waals surface area contributed by atoms with E-state index in [1.165, 1.54) is 12.0 Å². The van der Waals surface area contributed by atoms with Crippen molar-refractivity contribution in [1.29, 1.82) is 0 Å². The van der Waals surface area contributed by atoms with E-state index < -0.39 is 0 Å². The summed E-state index contributed by atoms with van der Waals surface area (Å²) >= 11 is 0. The Morgan fingerprint density at radius 3 is 3.04 bits per heavy atom. The number of hydrogen-bond donors (Lipinski definition) is 1. The monoisotopic (exact) mass is 368 g/mol. The van der Waals surface area contributed by atoms with Gasteiger partial charge in [-0.15, -0.1) is 0 Å². The maximum atomic E-state index is 12.7. The minimum absolute atomic E-state index is 0.0172. The number of aromatic nitrogens is 2. The molecule has 1 atom stereocenters. The molecule has 144 valence electrons. The molecule has 0 saturated carbocycles. The molecule has 4 rings (SSSR count). The normalized spacial score (nSPS) is 20.4. The van der Waals surface area contributed by atoms with Crippen molar-refractivity contribution in [2.75, 3.05) is 31.6 Å². The van der Waals surface area contributed by atoms with Crippen LogP contribution in [0.4, 0.5) is 5.95 Å². The molecule has 1 aromatic heterocycles. The third-order valence-electron chi connectivity index (χ3n) is 5.63. The number of ether oxygens (including phenoxy) is 1. The van der Waals surface area contributed by atoms with Crippen molar-refractivity contribution in [3.8, 4) is 5.75 Å². The third-order valence-corrected chi connectivity index (χ3v) is 5.63. The van der Waals surface area contributed by atoms with Gasteiger partial charge in [-0.05, 0) is 36.5 Å². The molecular formula is C21H28N4O2. The summed E-state index contributed by atoms with van der Waals surface area (Å²) in [4.78, 5) is 25.1. The fraction of sp³-hybridized carbons (Fsp3) is 0.524. The van der Waals surface area contributed by atoms with Crippen LogP contribution < -0.4 is 15.2 Å². The van der Waals surface area contributed by atoms with Crippen molar-refractivity contribution in [3.63, 3.8) is 0 Å². The summed E-state index contributed by atoms with van der Waals surface area (Å²) in [5.74, 6) is 2.27. The van der Waals surface area contributed by atoms with Crippen molar-refractivity contribution in [1.82, 2.24) is 14.9 Å². The van der Waals surface area contributed by atoms with Gasteiger partial charge >= 0.3 is 0 Å². The summed E-state index contributed by atoms with van der Waals surface area (Å²) in [6.45, 7) is 6.58. The van der Waals surface area contributed by atoms with Gasteiger partial charge in [-0.1, -0.05) is 19.1 Å². The number of anilines is 1. The van der Waals surface area contributed by atoms with Crippen molar-refractivity contribution >= 4 is 5.95 Å². The number of H-pyrrole nitrogens is 1. The maximum Gasteiger partial charge on any atom is 0.257 e. The van der Waals surface area contributed by atoms with Gasteiger partial charge in [-0.2, -0.15) is 0 Å². The first-order valence-corrected chi connectivity index (χ1v) is 9.84. The van der Waals surface area contributed by atoms with Crippen LogP contribution in [0.15, 0.2) is 29.1 Å². The van der Waals surface area contributed by atoms with E-state index in [1.807, 2.05) is 12.1 Å². The third kappa shape index (κ3) is 4.00. The number of benzene rings is 1. The molecule has 0 aliphatic carbocycles. The number of hydrogen-bond acceptors (Lipinski definition) is 5. The standard InChI is InChI=1S/C21H28N4O2/c1-15-5-4-9-25(12-15)21-22-19-8-10-24(14-18(19)20(26)23-21)13-16-6-3-7-17(11-16)27-2/h3,6-7,11,15H,4-5,8-10,12-14H2,1-2H3,(H,22,23,26)/t15-/m1/s1. The zero-order chi connectivity index (χ0) is 18.8. The van der Waals surface area contributed by atoms with Crippen molar-refractivity contribution in [2.24, 2.45) is 5.92 Å². The lowest BCUT2D eigenvalue weighted by molar-refractivity contribution is 0.241. The summed E-state index contributed by atoms with van der Waals surface area (Å²) in [7, 11) is 1.68. The molecule has 6 heteroatoms. The second kappa shape index (κ2) is 7.72. The molecule has 0 bridgehead atoms. The summed E-state index contributed by atoms with van der Waals surface area (Å²) in [5.41, 5.74) is 3.00. The van der Waals surface area contributed by atoms with Gasteiger partial charge < -0.3 is 9.64 Å². The van der Waals surface area contributed by atoms with Gasteiger partial charge in [0.2, 0.25) is 5.95 Å². The van der Waals surface area contributed by atoms with E-state index in [0.29, 0.717) is 12.5 Å². The number of nitrogens with zero attached hydrogens (tertiary/aromatic N) is 3. The molecule has 0 radical (unpaired) electrons. The quantitative estimate of drug-likeness (QED) is 0.899. The Morgan fingerprint density at radius 1 is 1.33 bits per heavy atom. The van der Waals surface area contributed by atoms with Crippen LogP contribution in [0.2, 0.25) is 0 Å². The second-order valence-corrected chi connectivity index (χ2v) is 7.82. The lowest BCUT2D eigenvalue weighted by Crippen LogP contribution is -2.39. The minimum Gasteiger partial charge on any atom is -0.497 e. The molecule has 1 N–H and O–H groups in total. The maximum absolute atomic E-state index is 12.7. The number of nitrogens with one attached hydrogen (secondary N) is 1. The number of piperidine rings is 1. The van der Waals surface area contributed by atoms with Gasteiger partial charge in [-0.25, -0.2) is 4.98 Å². The molecule has 2 aromatic rings. The first-order valence-electron chi connectivity index (χ1n) is 9.84. The summed E-state index contributed by atoms with van der Waals surface area (Å²) in [6, 6.07) is 8.11. The molecule has 6 nitrogen and oxygen atoms in total.